The van der Waals surface area contributed by atoms with Gasteiger partial charge < -0.3 is 9.84 Å². The lowest BCUT2D eigenvalue weighted by molar-refractivity contribution is -0.132. The molecule has 1 N–H and O–H groups in total. The lowest BCUT2D eigenvalue weighted by Gasteiger charge is -2.27. The van der Waals surface area contributed by atoms with E-state index >= 15 is 0 Å². The largest absolute Gasteiger partial charge is 0.507 e. The Morgan fingerprint density at radius 3 is 1.82 bits per heavy atom. The van der Waals surface area contributed by atoms with Crippen LogP contribution in [0.25, 0.3) is 5.76 Å². The van der Waals surface area contributed by atoms with Crippen molar-refractivity contribution in [2.75, 3.05) is 12.0 Å². The fraction of sp³-hybridized carbons (Fsp3) is 0.333. The number of ether oxygens (including phenoxy) is 1. The lowest BCUT2D eigenvalue weighted by Crippen LogP contribution is -2.29. The predicted octanol–water partition coefficient (Wildman–Crippen LogP) is 7.22. The fourth-order valence-corrected chi connectivity index (χ4v) is 4.88. The highest BCUT2D eigenvalue weighted by Gasteiger charge is 2.47. The molecule has 1 aliphatic rings. The van der Waals surface area contributed by atoms with Gasteiger partial charge in [-0.1, -0.05) is 77.9 Å². The van der Waals surface area contributed by atoms with E-state index in [9.17, 15) is 14.7 Å². The summed E-state index contributed by atoms with van der Waals surface area (Å²) in [6.45, 7) is 14.6. The number of methoxy groups -OCH3 is 1. The van der Waals surface area contributed by atoms with E-state index < -0.39 is 17.7 Å². The first-order chi connectivity index (χ1) is 17.7. The Labute approximate surface area is 225 Å². The van der Waals surface area contributed by atoms with Gasteiger partial charge in [0.2, 0.25) is 0 Å². The fourth-order valence-electron chi connectivity index (χ4n) is 4.88. The number of carbonyl (C=O) groups excluding carboxylic acids is 2. The zero-order valence-corrected chi connectivity index (χ0v) is 23.5. The minimum absolute atomic E-state index is 0.0522. The molecule has 0 bridgehead atoms. The number of aryl methyl sites for hydroxylation is 1. The maximum atomic E-state index is 13.5. The summed E-state index contributed by atoms with van der Waals surface area (Å²) in [4.78, 5) is 28.6. The van der Waals surface area contributed by atoms with Crippen molar-refractivity contribution >= 4 is 23.1 Å². The number of aliphatic hydroxyl groups is 1. The highest BCUT2D eigenvalue weighted by atomic mass is 16.5. The molecule has 1 aliphatic heterocycles. The minimum atomic E-state index is -0.772. The van der Waals surface area contributed by atoms with Crippen molar-refractivity contribution in [2.45, 2.75) is 65.3 Å². The van der Waals surface area contributed by atoms with E-state index in [2.05, 4.69) is 41.5 Å². The van der Waals surface area contributed by atoms with Crippen LogP contribution >= 0.6 is 0 Å². The normalized spacial score (nSPS) is 17.7. The summed E-state index contributed by atoms with van der Waals surface area (Å²) < 4.78 is 5.30. The molecular weight excluding hydrogens is 474 g/mol. The van der Waals surface area contributed by atoms with Crippen LogP contribution in [0.2, 0.25) is 0 Å². The van der Waals surface area contributed by atoms with Crippen LogP contribution in [0.4, 0.5) is 5.69 Å². The van der Waals surface area contributed by atoms with Crippen LogP contribution in [0.5, 0.6) is 5.75 Å². The van der Waals surface area contributed by atoms with Crippen LogP contribution in [0.1, 0.15) is 75.4 Å². The Bertz CT molecular complexity index is 1400. The molecule has 0 saturated carbocycles. The van der Waals surface area contributed by atoms with Gasteiger partial charge in [-0.2, -0.15) is 0 Å². The third-order valence-corrected chi connectivity index (χ3v) is 7.24. The molecule has 1 amide bonds. The first-order valence-corrected chi connectivity index (χ1v) is 12.9. The molecule has 3 aromatic carbocycles. The van der Waals surface area contributed by atoms with Crippen molar-refractivity contribution in [2.24, 2.45) is 0 Å². The molecular formula is C33H37NO4. The molecule has 4 rings (SSSR count). The van der Waals surface area contributed by atoms with Gasteiger partial charge in [0.15, 0.2) is 0 Å². The van der Waals surface area contributed by atoms with Gasteiger partial charge in [-0.05, 0) is 70.3 Å². The average Bonchev–Trinajstić information content (AvgIpc) is 3.13. The van der Waals surface area contributed by atoms with E-state index in [0.29, 0.717) is 17.0 Å². The number of benzene rings is 3. The number of amides is 1. The first-order valence-electron chi connectivity index (χ1n) is 12.9. The Balaban J connectivity index is 1.92. The SMILES string of the molecule is COc1ccc(/C(O)=C2/C(=O)C(=O)N(c3ccc(C(C)(C)C)cc3)C2c2ccc(C(C)(C)C)cc2)c(C)c1. The molecule has 38 heavy (non-hydrogen) atoms. The number of hydrogen-bond acceptors (Lipinski definition) is 4. The summed E-state index contributed by atoms with van der Waals surface area (Å²) in [5.41, 5.74) is 4.82. The zero-order chi connectivity index (χ0) is 28.0. The van der Waals surface area contributed by atoms with E-state index in [4.69, 9.17) is 4.74 Å². The molecule has 1 fully saturated rings. The van der Waals surface area contributed by atoms with Gasteiger partial charge in [0, 0.05) is 11.3 Å². The van der Waals surface area contributed by atoms with Crippen LogP contribution in [0, 0.1) is 6.92 Å². The van der Waals surface area contributed by atoms with E-state index in [1.807, 2.05) is 55.5 Å². The van der Waals surface area contributed by atoms with Crippen molar-refractivity contribution in [1.29, 1.82) is 0 Å². The number of ketones is 1. The topological polar surface area (TPSA) is 66.8 Å². The predicted molar refractivity (Wildman–Crippen MR) is 153 cm³/mol. The molecule has 1 saturated heterocycles. The molecule has 198 valence electrons. The van der Waals surface area contributed by atoms with Gasteiger partial charge in [-0.15, -0.1) is 0 Å². The summed E-state index contributed by atoms with van der Waals surface area (Å²) >= 11 is 0. The van der Waals surface area contributed by atoms with Gasteiger partial charge in [0.1, 0.15) is 11.5 Å². The Hall–Kier alpha value is -3.86. The number of carbonyl (C=O) groups is 2. The van der Waals surface area contributed by atoms with Crippen molar-refractivity contribution in [1.82, 2.24) is 0 Å². The summed E-state index contributed by atoms with van der Waals surface area (Å²) in [6, 6.07) is 20.1. The van der Waals surface area contributed by atoms with E-state index in [0.717, 1.165) is 22.3 Å². The van der Waals surface area contributed by atoms with Crippen molar-refractivity contribution in [3.8, 4) is 5.75 Å². The lowest BCUT2D eigenvalue weighted by atomic mass is 9.85. The molecule has 0 radical (unpaired) electrons. The maximum absolute atomic E-state index is 13.5. The third kappa shape index (κ3) is 4.98. The number of rotatable bonds is 4. The molecule has 1 atom stereocenters. The molecule has 5 heteroatoms. The standard InChI is InChI=1S/C33H37NO4/c1-20-19-25(38-8)17-18-26(20)29(35)27-28(21-9-11-22(12-10-21)32(2,3)4)34(31(37)30(27)36)24-15-13-23(14-16-24)33(5,6)7/h9-19,28,35H,1-8H3/b29-27-. The van der Waals surface area contributed by atoms with Crippen LogP contribution in [-0.4, -0.2) is 23.9 Å². The second-order valence-electron chi connectivity index (χ2n) is 12.0. The van der Waals surface area contributed by atoms with Crippen molar-refractivity contribution < 1.29 is 19.4 Å². The van der Waals surface area contributed by atoms with E-state index in [1.165, 1.54) is 4.90 Å². The average molecular weight is 512 g/mol. The number of Topliss-reactive ketones (excluding diaryl/α,β-unsaturated/α-hetero) is 1. The Kier molecular flexibility index (Phi) is 7.00. The number of nitrogens with zero attached hydrogens (tertiary/aromatic N) is 1. The van der Waals surface area contributed by atoms with Crippen LogP contribution < -0.4 is 9.64 Å². The molecule has 0 spiro atoms. The molecule has 3 aromatic rings. The molecule has 1 unspecified atom stereocenters. The third-order valence-electron chi connectivity index (χ3n) is 7.24. The number of aliphatic hydroxyl groups excluding tert-OH is 1. The molecule has 1 heterocycles. The highest BCUT2D eigenvalue weighted by molar-refractivity contribution is 6.51. The van der Waals surface area contributed by atoms with Crippen LogP contribution in [0.15, 0.2) is 72.3 Å². The quantitative estimate of drug-likeness (QED) is 0.228. The van der Waals surface area contributed by atoms with Crippen LogP contribution in [0.3, 0.4) is 0 Å². The van der Waals surface area contributed by atoms with Gasteiger partial charge in [0.25, 0.3) is 11.7 Å². The maximum Gasteiger partial charge on any atom is 0.300 e. The minimum Gasteiger partial charge on any atom is -0.507 e. The van der Waals surface area contributed by atoms with Gasteiger partial charge in [-0.25, -0.2) is 0 Å². The second kappa shape index (κ2) is 9.79. The Morgan fingerprint density at radius 1 is 0.816 bits per heavy atom. The van der Waals surface area contributed by atoms with Crippen molar-refractivity contribution in [3.05, 3.63) is 100 Å². The summed E-state index contributed by atoms with van der Waals surface area (Å²) in [7, 11) is 1.58. The highest BCUT2D eigenvalue weighted by Crippen LogP contribution is 2.43. The van der Waals surface area contributed by atoms with Gasteiger partial charge in [0.05, 0.1) is 18.7 Å². The summed E-state index contributed by atoms with van der Waals surface area (Å²) in [5.74, 6) is -0.913. The molecule has 5 nitrogen and oxygen atoms in total. The molecule has 0 aromatic heterocycles. The van der Waals surface area contributed by atoms with Gasteiger partial charge >= 0.3 is 0 Å². The number of anilines is 1. The summed E-state index contributed by atoms with van der Waals surface area (Å²) in [6.07, 6.45) is 0. The monoisotopic (exact) mass is 511 g/mol. The zero-order valence-electron chi connectivity index (χ0n) is 23.5. The first kappa shape index (κ1) is 27.2. The van der Waals surface area contributed by atoms with E-state index in [-0.39, 0.29) is 22.2 Å². The van der Waals surface area contributed by atoms with E-state index in [1.54, 1.807) is 25.3 Å². The molecule has 0 aliphatic carbocycles. The smallest absolute Gasteiger partial charge is 0.300 e. The van der Waals surface area contributed by atoms with Crippen LogP contribution in [-0.2, 0) is 20.4 Å². The van der Waals surface area contributed by atoms with Crippen molar-refractivity contribution in [3.63, 3.8) is 0 Å². The second-order valence-corrected chi connectivity index (χ2v) is 12.0. The number of hydrogen-bond donors (Lipinski definition) is 1. The Morgan fingerprint density at radius 2 is 1.34 bits per heavy atom. The van der Waals surface area contributed by atoms with Gasteiger partial charge in [-0.3, -0.25) is 14.5 Å². The summed E-state index contributed by atoms with van der Waals surface area (Å²) in [5, 5.41) is 11.5.